The number of nitrogens with zero attached hydrogens (tertiary/aromatic N) is 1. The Balaban J connectivity index is 1.46. The van der Waals surface area contributed by atoms with Crippen LogP contribution in [0, 0.1) is 0 Å². The molecule has 1 aromatic rings. The van der Waals surface area contributed by atoms with E-state index in [1.165, 1.54) is 0 Å². The molecule has 0 N–H and O–H groups in total. The minimum Gasteiger partial charge on any atom is -0.465 e. The van der Waals surface area contributed by atoms with Gasteiger partial charge in [-0.25, -0.2) is 0 Å². The van der Waals surface area contributed by atoms with Gasteiger partial charge in [0, 0.05) is 24.3 Å². The van der Waals surface area contributed by atoms with Crippen LogP contribution < -0.4 is 4.74 Å². The van der Waals surface area contributed by atoms with Gasteiger partial charge in [0.05, 0.1) is 13.0 Å². The summed E-state index contributed by atoms with van der Waals surface area (Å²) in [6, 6.07) is 7.49. The molecule has 1 atom stereocenters. The van der Waals surface area contributed by atoms with Gasteiger partial charge in [0.15, 0.2) is 6.29 Å². The summed E-state index contributed by atoms with van der Waals surface area (Å²) in [7, 11) is 7.19. The predicted molar refractivity (Wildman–Crippen MR) is 129 cm³/mol. The maximum atomic E-state index is 12.0. The Labute approximate surface area is 199 Å². The fraction of sp³-hybridized carbons (Fsp3) is 0.652. The maximum Gasteiger partial charge on any atom is 0.310 e. The molecule has 0 saturated carbocycles. The largest absolute Gasteiger partial charge is 0.465 e. The molecule has 1 aliphatic heterocycles. The lowest BCUT2D eigenvalue weighted by atomic mass is 10.1. The highest BCUT2D eigenvalue weighted by atomic mass is 33.1. The number of ether oxygens (including phenoxy) is 4. The van der Waals surface area contributed by atoms with Gasteiger partial charge in [-0.1, -0.05) is 33.7 Å². The van der Waals surface area contributed by atoms with Crippen molar-refractivity contribution in [3.63, 3.8) is 0 Å². The van der Waals surface area contributed by atoms with Gasteiger partial charge in [0.1, 0.15) is 19.0 Å². The van der Waals surface area contributed by atoms with Crippen LogP contribution in [0.5, 0.6) is 5.75 Å². The molecule has 1 fully saturated rings. The van der Waals surface area contributed by atoms with Gasteiger partial charge >= 0.3 is 11.9 Å². The van der Waals surface area contributed by atoms with E-state index < -0.39 is 0 Å². The topological polar surface area (TPSA) is 74.3 Å². The van der Waals surface area contributed by atoms with Crippen LogP contribution in [0.3, 0.4) is 0 Å². The quantitative estimate of drug-likeness (QED) is 0.209. The summed E-state index contributed by atoms with van der Waals surface area (Å²) in [6.45, 7) is 2.40. The minimum atomic E-state index is -0.244. The van der Waals surface area contributed by atoms with Crippen LogP contribution in [0.1, 0.15) is 37.7 Å². The second kappa shape index (κ2) is 16.2. The van der Waals surface area contributed by atoms with Gasteiger partial charge in [0.2, 0.25) is 0 Å². The molecule has 180 valence electrons. The zero-order valence-corrected chi connectivity index (χ0v) is 20.7. The van der Waals surface area contributed by atoms with Crippen molar-refractivity contribution in [3.05, 3.63) is 29.8 Å². The minimum absolute atomic E-state index is 0.145. The van der Waals surface area contributed by atoms with Gasteiger partial charge in [0.25, 0.3) is 0 Å². The van der Waals surface area contributed by atoms with E-state index in [1.807, 2.05) is 43.3 Å². The first-order valence-electron chi connectivity index (χ1n) is 11.1. The fourth-order valence-electron chi connectivity index (χ4n) is 2.97. The molecule has 0 aliphatic carbocycles. The summed E-state index contributed by atoms with van der Waals surface area (Å²) in [5.41, 5.74) is 0.890. The third-order valence-electron chi connectivity index (χ3n) is 4.61. The van der Waals surface area contributed by atoms with Crippen molar-refractivity contribution in [1.82, 2.24) is 4.90 Å². The van der Waals surface area contributed by atoms with Crippen molar-refractivity contribution >= 4 is 33.5 Å². The summed E-state index contributed by atoms with van der Waals surface area (Å²) < 4.78 is 21.9. The van der Waals surface area contributed by atoms with Gasteiger partial charge in [-0.15, -0.1) is 0 Å². The molecule has 1 unspecified atom stereocenters. The molecule has 32 heavy (non-hydrogen) atoms. The molecule has 1 aliphatic rings. The number of benzene rings is 1. The average molecular weight is 486 g/mol. The van der Waals surface area contributed by atoms with Gasteiger partial charge < -0.3 is 23.8 Å². The standard InChI is InChI=1S/C23H35NO6S2/c1-24(2)12-5-6-21(25)27-14-16-31-32-17-15-28-22(26)18-19-8-10-20(11-9-19)30-23-7-3-4-13-29-23/h8-11,23H,3-7,12-18H2,1-2H3. The normalized spacial score (nSPS) is 16.0. The molecular formula is C23H35NO6S2. The highest BCUT2D eigenvalue weighted by Gasteiger charge is 2.15. The zero-order valence-electron chi connectivity index (χ0n) is 19.1. The van der Waals surface area contributed by atoms with Gasteiger partial charge in [-0.3, -0.25) is 9.59 Å². The SMILES string of the molecule is CN(C)CCCC(=O)OCCSSCCOC(=O)Cc1ccc(OC2CCCCO2)cc1. The van der Waals surface area contributed by atoms with Crippen LogP contribution >= 0.6 is 21.6 Å². The van der Waals surface area contributed by atoms with Crippen LogP contribution in [0.4, 0.5) is 0 Å². The van der Waals surface area contributed by atoms with Gasteiger partial charge in [-0.05, 0) is 57.6 Å². The Bertz CT molecular complexity index is 665. The Morgan fingerprint density at radius 2 is 1.72 bits per heavy atom. The highest BCUT2D eigenvalue weighted by molar-refractivity contribution is 8.76. The molecular weight excluding hydrogens is 450 g/mol. The zero-order chi connectivity index (χ0) is 23.0. The van der Waals surface area contributed by atoms with Crippen molar-refractivity contribution in [2.24, 2.45) is 0 Å². The van der Waals surface area contributed by atoms with E-state index in [1.54, 1.807) is 21.6 Å². The second-order valence-corrected chi connectivity index (χ2v) is 10.4. The smallest absolute Gasteiger partial charge is 0.310 e. The lowest BCUT2D eigenvalue weighted by molar-refractivity contribution is -0.143. The number of carbonyl (C=O) groups is 2. The Kier molecular flexibility index (Phi) is 13.6. The molecule has 1 saturated heterocycles. The number of hydrogen-bond acceptors (Lipinski definition) is 9. The Morgan fingerprint density at radius 3 is 2.34 bits per heavy atom. The molecule has 7 nitrogen and oxygen atoms in total. The molecule has 2 rings (SSSR count). The van der Waals surface area contributed by atoms with E-state index in [0.717, 1.165) is 55.9 Å². The Hall–Kier alpha value is -1.42. The summed E-state index contributed by atoms with van der Waals surface area (Å²) >= 11 is 0. The van der Waals surface area contributed by atoms with Crippen molar-refractivity contribution in [2.75, 3.05) is 52.0 Å². The lowest BCUT2D eigenvalue weighted by Gasteiger charge is -2.23. The summed E-state index contributed by atoms with van der Waals surface area (Å²) in [6.07, 6.45) is 4.45. The monoisotopic (exact) mass is 485 g/mol. The molecule has 0 spiro atoms. The second-order valence-electron chi connectivity index (χ2n) is 7.73. The van der Waals surface area contributed by atoms with E-state index in [0.29, 0.717) is 25.4 Å². The first-order chi connectivity index (χ1) is 15.5. The van der Waals surface area contributed by atoms with E-state index in [4.69, 9.17) is 18.9 Å². The molecule has 9 heteroatoms. The first-order valence-corrected chi connectivity index (χ1v) is 13.6. The van der Waals surface area contributed by atoms with Crippen LogP contribution in [-0.4, -0.2) is 75.1 Å². The summed E-state index contributed by atoms with van der Waals surface area (Å²) in [4.78, 5) is 25.6. The van der Waals surface area contributed by atoms with Crippen LogP contribution in [0.25, 0.3) is 0 Å². The van der Waals surface area contributed by atoms with Crippen LogP contribution in [-0.2, 0) is 30.2 Å². The number of esters is 2. The first kappa shape index (κ1) is 26.8. The van der Waals surface area contributed by atoms with E-state index >= 15 is 0 Å². The number of hydrogen-bond donors (Lipinski definition) is 0. The third kappa shape index (κ3) is 12.6. The highest BCUT2D eigenvalue weighted by Crippen LogP contribution is 2.21. The molecule has 1 heterocycles. The van der Waals surface area contributed by atoms with Crippen LogP contribution in [0.15, 0.2) is 24.3 Å². The molecule has 0 bridgehead atoms. The maximum absolute atomic E-state index is 12.0. The predicted octanol–water partition coefficient (Wildman–Crippen LogP) is 3.94. The van der Waals surface area contributed by atoms with Crippen molar-refractivity contribution < 1.29 is 28.5 Å². The van der Waals surface area contributed by atoms with E-state index in [9.17, 15) is 9.59 Å². The van der Waals surface area contributed by atoms with Crippen molar-refractivity contribution in [3.8, 4) is 5.75 Å². The fourth-order valence-corrected chi connectivity index (χ4v) is 4.62. The molecule has 1 aromatic carbocycles. The number of carbonyl (C=O) groups excluding carboxylic acids is 2. The third-order valence-corrected chi connectivity index (χ3v) is 6.94. The molecule has 0 amide bonds. The number of rotatable bonds is 15. The van der Waals surface area contributed by atoms with Crippen molar-refractivity contribution in [2.45, 2.75) is 44.8 Å². The van der Waals surface area contributed by atoms with Crippen molar-refractivity contribution in [1.29, 1.82) is 0 Å². The Morgan fingerprint density at radius 1 is 1.03 bits per heavy atom. The molecule has 0 aromatic heterocycles. The lowest BCUT2D eigenvalue weighted by Crippen LogP contribution is -2.24. The molecule has 0 radical (unpaired) electrons. The summed E-state index contributed by atoms with van der Waals surface area (Å²) in [5.74, 6) is 1.78. The summed E-state index contributed by atoms with van der Waals surface area (Å²) in [5, 5.41) is 0. The van der Waals surface area contributed by atoms with E-state index in [-0.39, 0.29) is 24.6 Å². The van der Waals surface area contributed by atoms with Gasteiger partial charge in [-0.2, -0.15) is 0 Å². The van der Waals surface area contributed by atoms with E-state index in [2.05, 4.69) is 0 Å². The van der Waals surface area contributed by atoms with Crippen LogP contribution in [0.2, 0.25) is 0 Å². The average Bonchev–Trinajstić information content (AvgIpc) is 2.77.